The standard InChI is InChI=1S/C25H26BrN3O5S2/c1-33-15-16-34-23-12-7-19(17-22(23)26)24(30)29-25(35)28-20-8-10-21(11-9-20)36(31,32)27-14-13-18-5-3-2-4-6-18/h2-12,17,27H,13-16H2,1H3,(H2,28,29,30,35). The fourth-order valence-corrected chi connectivity index (χ4v) is 4.84. The summed E-state index contributed by atoms with van der Waals surface area (Å²) in [6.45, 7) is 1.13. The molecule has 3 N–H and O–H groups in total. The number of amides is 1. The van der Waals surface area contributed by atoms with Crippen molar-refractivity contribution in [2.75, 3.05) is 32.2 Å². The molecule has 3 aromatic carbocycles. The number of ether oxygens (including phenoxy) is 2. The first kappa shape index (κ1) is 27.8. The molecule has 36 heavy (non-hydrogen) atoms. The van der Waals surface area contributed by atoms with Crippen molar-refractivity contribution < 1.29 is 22.7 Å². The number of rotatable bonds is 11. The van der Waals surface area contributed by atoms with E-state index in [-0.39, 0.29) is 10.0 Å². The van der Waals surface area contributed by atoms with Gasteiger partial charge < -0.3 is 14.8 Å². The van der Waals surface area contributed by atoms with Crippen molar-refractivity contribution in [2.45, 2.75) is 11.3 Å². The third-order valence-electron chi connectivity index (χ3n) is 4.94. The van der Waals surface area contributed by atoms with Gasteiger partial charge in [-0.2, -0.15) is 0 Å². The number of halogens is 1. The van der Waals surface area contributed by atoms with Crippen LogP contribution in [-0.2, 0) is 21.2 Å². The highest BCUT2D eigenvalue weighted by atomic mass is 79.9. The predicted molar refractivity (Wildman–Crippen MR) is 147 cm³/mol. The summed E-state index contributed by atoms with van der Waals surface area (Å²) < 4.78 is 38.8. The molecule has 0 spiro atoms. The maximum Gasteiger partial charge on any atom is 0.257 e. The number of carbonyl (C=O) groups excluding carboxylic acids is 1. The molecule has 0 fully saturated rings. The number of thiocarbonyl (C=S) groups is 1. The number of anilines is 1. The van der Waals surface area contributed by atoms with Crippen LogP contribution in [0.3, 0.4) is 0 Å². The molecule has 1 amide bonds. The van der Waals surface area contributed by atoms with Crippen molar-refractivity contribution in [3.8, 4) is 5.75 Å². The van der Waals surface area contributed by atoms with Crippen molar-refractivity contribution in [1.82, 2.24) is 10.0 Å². The predicted octanol–water partition coefficient (Wildman–Crippen LogP) is 4.12. The molecular weight excluding hydrogens is 566 g/mol. The second kappa shape index (κ2) is 13.5. The quantitative estimate of drug-likeness (QED) is 0.227. The van der Waals surface area contributed by atoms with Crippen molar-refractivity contribution >= 4 is 54.9 Å². The molecule has 0 saturated heterocycles. The Labute approximate surface area is 224 Å². The van der Waals surface area contributed by atoms with E-state index in [9.17, 15) is 13.2 Å². The van der Waals surface area contributed by atoms with Gasteiger partial charge in [-0.15, -0.1) is 0 Å². The van der Waals surface area contributed by atoms with Crippen LogP contribution in [0.15, 0.2) is 82.2 Å². The SMILES string of the molecule is COCCOc1ccc(C(=O)NC(=S)Nc2ccc(S(=O)(=O)NCCc3ccccc3)cc2)cc1Br. The van der Waals surface area contributed by atoms with Crippen LogP contribution < -0.4 is 20.1 Å². The van der Waals surface area contributed by atoms with Gasteiger partial charge in [-0.1, -0.05) is 30.3 Å². The van der Waals surface area contributed by atoms with Crippen LogP contribution in [0, 0.1) is 0 Å². The fourth-order valence-electron chi connectivity index (χ4n) is 3.11. The maximum atomic E-state index is 12.6. The van der Waals surface area contributed by atoms with Crippen LogP contribution in [-0.4, -0.2) is 46.3 Å². The van der Waals surface area contributed by atoms with Crippen molar-refractivity contribution in [2.24, 2.45) is 0 Å². The van der Waals surface area contributed by atoms with Crippen LogP contribution in [0.1, 0.15) is 15.9 Å². The van der Waals surface area contributed by atoms with Crippen LogP contribution in [0.4, 0.5) is 5.69 Å². The van der Waals surface area contributed by atoms with Gasteiger partial charge in [-0.25, -0.2) is 13.1 Å². The minimum absolute atomic E-state index is 0.0770. The molecule has 3 rings (SSSR count). The number of hydrogen-bond acceptors (Lipinski definition) is 6. The summed E-state index contributed by atoms with van der Waals surface area (Å²) in [6, 6.07) is 20.7. The first-order valence-corrected chi connectivity index (χ1v) is 13.6. The average Bonchev–Trinajstić information content (AvgIpc) is 2.86. The highest BCUT2D eigenvalue weighted by Gasteiger charge is 2.14. The van der Waals surface area contributed by atoms with Crippen molar-refractivity contribution in [3.63, 3.8) is 0 Å². The average molecular weight is 593 g/mol. The molecule has 0 aliphatic rings. The van der Waals surface area contributed by atoms with E-state index in [4.69, 9.17) is 21.7 Å². The van der Waals surface area contributed by atoms with E-state index in [0.717, 1.165) is 5.56 Å². The molecular formula is C25H26BrN3O5S2. The fraction of sp³-hybridized carbons (Fsp3) is 0.200. The smallest absolute Gasteiger partial charge is 0.257 e. The summed E-state index contributed by atoms with van der Waals surface area (Å²) in [5.41, 5.74) is 1.97. The molecule has 3 aromatic rings. The van der Waals surface area contributed by atoms with Gasteiger partial charge >= 0.3 is 0 Å². The normalized spacial score (nSPS) is 11.1. The van der Waals surface area contributed by atoms with Gasteiger partial charge in [-0.3, -0.25) is 10.1 Å². The second-order valence-electron chi connectivity index (χ2n) is 7.55. The maximum absolute atomic E-state index is 12.6. The molecule has 0 aliphatic heterocycles. The summed E-state index contributed by atoms with van der Waals surface area (Å²) in [5, 5.41) is 5.56. The Morgan fingerprint density at radius 3 is 2.39 bits per heavy atom. The van der Waals surface area contributed by atoms with Gasteiger partial charge in [0.1, 0.15) is 12.4 Å². The van der Waals surface area contributed by atoms with E-state index in [0.29, 0.717) is 47.7 Å². The molecule has 190 valence electrons. The van der Waals surface area contributed by atoms with Gasteiger partial charge in [0, 0.05) is 24.9 Å². The highest BCUT2D eigenvalue weighted by molar-refractivity contribution is 9.10. The zero-order valence-electron chi connectivity index (χ0n) is 19.5. The van der Waals surface area contributed by atoms with Gasteiger partial charge in [-0.05, 0) is 82.6 Å². The van der Waals surface area contributed by atoms with Crippen molar-refractivity contribution in [3.05, 3.63) is 88.4 Å². The minimum atomic E-state index is -3.65. The number of methoxy groups -OCH3 is 1. The summed E-state index contributed by atoms with van der Waals surface area (Å²) >= 11 is 8.62. The Balaban J connectivity index is 1.51. The first-order chi connectivity index (χ1) is 17.3. The molecule has 0 radical (unpaired) electrons. The zero-order valence-corrected chi connectivity index (χ0v) is 22.7. The lowest BCUT2D eigenvalue weighted by Gasteiger charge is -2.12. The summed E-state index contributed by atoms with van der Waals surface area (Å²) in [5.74, 6) is 0.187. The minimum Gasteiger partial charge on any atom is -0.490 e. The molecule has 0 atom stereocenters. The third kappa shape index (κ3) is 8.38. The lowest BCUT2D eigenvalue weighted by Crippen LogP contribution is -2.34. The van der Waals surface area contributed by atoms with Crippen LogP contribution in [0.25, 0.3) is 0 Å². The van der Waals surface area contributed by atoms with Crippen molar-refractivity contribution in [1.29, 1.82) is 0 Å². The molecule has 0 saturated carbocycles. The molecule has 0 aliphatic carbocycles. The van der Waals surface area contributed by atoms with Crippen LogP contribution in [0.5, 0.6) is 5.75 Å². The number of nitrogens with one attached hydrogen (secondary N) is 3. The Hall–Kier alpha value is -2.83. The van der Waals surface area contributed by atoms with E-state index in [1.807, 2.05) is 30.3 Å². The van der Waals surface area contributed by atoms with E-state index >= 15 is 0 Å². The van der Waals surface area contributed by atoms with Crippen LogP contribution in [0.2, 0.25) is 0 Å². The first-order valence-electron chi connectivity index (χ1n) is 11.0. The van der Waals surface area contributed by atoms with E-state index in [1.54, 1.807) is 37.4 Å². The number of benzene rings is 3. The molecule has 8 nitrogen and oxygen atoms in total. The van der Waals surface area contributed by atoms with E-state index in [2.05, 4.69) is 31.3 Å². The van der Waals surface area contributed by atoms with E-state index in [1.165, 1.54) is 12.1 Å². The topological polar surface area (TPSA) is 106 Å². The second-order valence-corrected chi connectivity index (χ2v) is 10.6. The monoisotopic (exact) mass is 591 g/mol. The Bertz CT molecular complexity index is 1290. The van der Waals surface area contributed by atoms with Gasteiger partial charge in [0.15, 0.2) is 5.11 Å². The highest BCUT2D eigenvalue weighted by Crippen LogP contribution is 2.26. The van der Waals surface area contributed by atoms with Gasteiger partial charge in [0.25, 0.3) is 5.91 Å². The van der Waals surface area contributed by atoms with E-state index < -0.39 is 15.9 Å². The number of carbonyl (C=O) groups is 1. The summed E-state index contributed by atoms with van der Waals surface area (Å²) in [4.78, 5) is 12.7. The Kier molecular flexibility index (Phi) is 10.4. The molecule has 0 unspecified atom stereocenters. The summed E-state index contributed by atoms with van der Waals surface area (Å²) in [7, 11) is -2.06. The number of hydrogen-bond donors (Lipinski definition) is 3. The Morgan fingerprint density at radius 2 is 1.72 bits per heavy atom. The lowest BCUT2D eigenvalue weighted by molar-refractivity contribution is 0.0977. The lowest BCUT2D eigenvalue weighted by atomic mass is 10.2. The molecule has 11 heteroatoms. The number of sulfonamides is 1. The van der Waals surface area contributed by atoms with Gasteiger partial charge in [0.05, 0.1) is 16.0 Å². The molecule has 0 bridgehead atoms. The molecule has 0 aromatic heterocycles. The largest absolute Gasteiger partial charge is 0.490 e. The zero-order chi connectivity index (χ0) is 26.0. The summed E-state index contributed by atoms with van der Waals surface area (Å²) in [6.07, 6.45) is 0.591. The van der Waals surface area contributed by atoms with Gasteiger partial charge in [0.2, 0.25) is 10.0 Å². The van der Waals surface area contributed by atoms with Crippen LogP contribution >= 0.6 is 28.1 Å². The Morgan fingerprint density at radius 1 is 1.00 bits per heavy atom. The molecule has 0 heterocycles. The third-order valence-corrected chi connectivity index (χ3v) is 7.24.